The fourth-order valence-electron chi connectivity index (χ4n) is 7.18. The molecular weight excluding hydrogens is 642 g/mol. The number of amides is 2. The van der Waals surface area contributed by atoms with Crippen molar-refractivity contribution in [3.8, 4) is 5.75 Å². The average Bonchev–Trinajstić information content (AvgIpc) is 3.71. The molecule has 2 aliphatic heterocycles. The third-order valence-corrected chi connectivity index (χ3v) is 9.98. The Kier molecular flexibility index (Phi) is 9.53. The largest absolute Gasteiger partial charge is 0.497 e. The summed E-state index contributed by atoms with van der Waals surface area (Å²) in [6.07, 6.45) is 7.37. The molecule has 3 heterocycles. The lowest BCUT2D eigenvalue weighted by Gasteiger charge is -2.30. The Hall–Kier alpha value is -5.58. The zero-order valence-electron chi connectivity index (χ0n) is 28.7. The maximum atomic E-state index is 14.3. The summed E-state index contributed by atoms with van der Waals surface area (Å²) in [7, 11) is 1.56. The molecule has 2 amide bonds. The van der Waals surface area contributed by atoms with Crippen LogP contribution >= 0.6 is 0 Å². The summed E-state index contributed by atoms with van der Waals surface area (Å²) in [4.78, 5) is 30.8. The van der Waals surface area contributed by atoms with Gasteiger partial charge in [0.1, 0.15) is 5.75 Å². The van der Waals surface area contributed by atoms with Crippen molar-refractivity contribution in [1.82, 2.24) is 15.0 Å². The first-order chi connectivity index (χ1) is 24.8. The predicted molar refractivity (Wildman–Crippen MR) is 195 cm³/mol. The van der Waals surface area contributed by atoms with Crippen LogP contribution in [0.2, 0.25) is 0 Å². The van der Waals surface area contributed by atoms with E-state index in [9.17, 15) is 19.8 Å². The molecule has 0 saturated heterocycles. The van der Waals surface area contributed by atoms with Crippen molar-refractivity contribution in [3.63, 3.8) is 0 Å². The number of allylic oxidation sites excluding steroid dienone is 1. The minimum Gasteiger partial charge on any atom is -0.497 e. The number of carbonyl (C=O) groups excluding carboxylic acids is 2. The van der Waals surface area contributed by atoms with Gasteiger partial charge >= 0.3 is 0 Å². The molecule has 5 aromatic rings. The van der Waals surface area contributed by atoms with Gasteiger partial charge in [0, 0.05) is 36.3 Å². The third-order valence-electron chi connectivity index (χ3n) is 9.98. The van der Waals surface area contributed by atoms with Crippen molar-refractivity contribution in [1.29, 1.82) is 0 Å². The number of aromatic nitrogens is 3. The Bertz CT molecular complexity index is 2080. The molecule has 4 aromatic carbocycles. The number of para-hydroxylation sites is 1. The van der Waals surface area contributed by atoms with Crippen LogP contribution in [0.25, 0.3) is 0 Å². The van der Waals surface area contributed by atoms with E-state index in [2.05, 4.69) is 10.3 Å². The van der Waals surface area contributed by atoms with Gasteiger partial charge in [-0.15, -0.1) is 5.10 Å². The van der Waals surface area contributed by atoms with E-state index in [-0.39, 0.29) is 25.0 Å². The van der Waals surface area contributed by atoms with Crippen LogP contribution in [0.5, 0.6) is 5.75 Å². The van der Waals surface area contributed by atoms with Crippen molar-refractivity contribution in [3.05, 3.63) is 143 Å². The molecule has 260 valence electrons. The maximum absolute atomic E-state index is 14.3. The fraction of sp³-hybridized carbons (Fsp3) is 0.268. The lowest BCUT2D eigenvalue weighted by atomic mass is 9.83. The van der Waals surface area contributed by atoms with E-state index in [4.69, 9.17) is 4.74 Å². The molecule has 0 radical (unpaired) electrons. The molecule has 2 N–H and O–H groups in total. The summed E-state index contributed by atoms with van der Waals surface area (Å²) < 4.78 is 7.23. The first-order valence-corrected chi connectivity index (χ1v) is 17.3. The average molecular weight is 684 g/mol. The quantitative estimate of drug-likeness (QED) is 0.154. The molecule has 1 unspecified atom stereocenters. The van der Waals surface area contributed by atoms with Crippen LogP contribution in [-0.2, 0) is 34.7 Å². The lowest BCUT2D eigenvalue weighted by Crippen LogP contribution is -2.44. The van der Waals surface area contributed by atoms with Crippen molar-refractivity contribution >= 4 is 28.9 Å². The van der Waals surface area contributed by atoms with Crippen LogP contribution in [-0.4, -0.2) is 50.7 Å². The van der Waals surface area contributed by atoms with Gasteiger partial charge < -0.3 is 19.8 Å². The highest BCUT2D eigenvalue weighted by atomic mass is 16.5. The molecule has 0 aliphatic carbocycles. The summed E-state index contributed by atoms with van der Waals surface area (Å²) in [5, 5.41) is 30.8. The second-order valence-corrected chi connectivity index (χ2v) is 13.1. The van der Waals surface area contributed by atoms with E-state index < -0.39 is 17.4 Å². The molecule has 0 spiro atoms. The molecule has 3 atom stereocenters. The smallest absolute Gasteiger partial charge is 0.264 e. The number of methoxy groups -OCH3 is 1. The SMILES string of the molecule is COc1ccc2c(c1)[C@](O)([C@@H](C)/C=C/CCn1cc(C(CO)c3ccccc3)nn1)C(=O)N2Cc1cccc(N2C(=O)CCc3ccccc32)c1. The Morgan fingerprint density at radius 2 is 1.75 bits per heavy atom. The topological polar surface area (TPSA) is 121 Å². The van der Waals surface area contributed by atoms with Crippen LogP contribution in [0.1, 0.15) is 53.6 Å². The molecule has 0 bridgehead atoms. The Balaban J connectivity index is 1.09. The monoisotopic (exact) mass is 683 g/mol. The molecule has 10 heteroatoms. The normalized spacial score (nSPS) is 18.2. The van der Waals surface area contributed by atoms with E-state index in [0.29, 0.717) is 48.5 Å². The summed E-state index contributed by atoms with van der Waals surface area (Å²) in [5.41, 5.74) is 4.49. The number of ether oxygens (including phenoxy) is 1. The Labute approximate surface area is 297 Å². The second kappa shape index (κ2) is 14.3. The maximum Gasteiger partial charge on any atom is 0.264 e. The van der Waals surface area contributed by atoms with Crippen molar-refractivity contribution in [2.75, 3.05) is 23.5 Å². The summed E-state index contributed by atoms with van der Waals surface area (Å²) in [6.45, 7) is 2.50. The van der Waals surface area contributed by atoms with Gasteiger partial charge in [0.25, 0.3) is 5.91 Å². The van der Waals surface area contributed by atoms with Crippen molar-refractivity contribution in [2.45, 2.75) is 50.8 Å². The number of rotatable bonds is 12. The van der Waals surface area contributed by atoms with Gasteiger partial charge in [-0.25, -0.2) is 0 Å². The van der Waals surface area contributed by atoms with Crippen LogP contribution in [0.15, 0.2) is 115 Å². The van der Waals surface area contributed by atoms with Gasteiger partial charge in [-0.3, -0.25) is 19.2 Å². The number of carbonyl (C=O) groups is 2. The molecule has 7 rings (SSSR count). The minimum absolute atomic E-state index is 0.0290. The van der Waals surface area contributed by atoms with Crippen LogP contribution < -0.4 is 14.5 Å². The number of hydrogen-bond donors (Lipinski definition) is 2. The summed E-state index contributed by atoms with van der Waals surface area (Å²) >= 11 is 0. The van der Waals surface area contributed by atoms with Gasteiger partial charge in [0.05, 0.1) is 43.2 Å². The van der Waals surface area contributed by atoms with Crippen LogP contribution in [0.3, 0.4) is 0 Å². The van der Waals surface area contributed by atoms with E-state index in [1.54, 1.807) is 33.7 Å². The highest BCUT2D eigenvalue weighted by Crippen LogP contribution is 2.47. The standard InChI is InChI=1S/C41H41N5O5/c1-28(11-8-9-22-44-26-36(42-43-44)34(27-47)30-13-4-3-5-14-30)41(50)35-24-33(51-2)19-20-38(35)45(40(41)49)25-29-12-10-16-32(23-29)46-37-17-7-6-15-31(37)18-21-39(46)48/h3-8,10-17,19-20,23-24,26,28,34,47,50H,9,18,21-22,25,27H2,1-2H3/b11-8+/t28-,34?,41+/m0/s1. The number of fused-ring (bicyclic) bond motifs is 2. The lowest BCUT2D eigenvalue weighted by molar-refractivity contribution is -0.139. The van der Waals surface area contributed by atoms with Crippen LogP contribution in [0, 0.1) is 5.92 Å². The van der Waals surface area contributed by atoms with Crippen molar-refractivity contribution in [2.24, 2.45) is 5.92 Å². The first kappa shape index (κ1) is 33.9. The molecule has 0 saturated carbocycles. The van der Waals surface area contributed by atoms with E-state index in [1.807, 2.05) is 110 Å². The van der Waals surface area contributed by atoms with Gasteiger partial charge in [0.2, 0.25) is 5.91 Å². The van der Waals surface area contributed by atoms with Crippen LogP contribution in [0.4, 0.5) is 17.1 Å². The number of benzene rings is 4. The van der Waals surface area contributed by atoms with Gasteiger partial charge in [0.15, 0.2) is 5.60 Å². The molecule has 10 nitrogen and oxygen atoms in total. The first-order valence-electron chi connectivity index (χ1n) is 17.3. The second-order valence-electron chi connectivity index (χ2n) is 13.1. The minimum atomic E-state index is -1.83. The zero-order chi connectivity index (χ0) is 35.5. The Morgan fingerprint density at radius 1 is 0.941 bits per heavy atom. The van der Waals surface area contributed by atoms with E-state index in [1.165, 1.54) is 0 Å². The van der Waals surface area contributed by atoms with E-state index >= 15 is 0 Å². The number of aryl methyl sites for hydroxylation is 2. The number of hydrogen-bond acceptors (Lipinski definition) is 7. The third kappa shape index (κ3) is 6.44. The highest BCUT2D eigenvalue weighted by Gasteiger charge is 2.52. The van der Waals surface area contributed by atoms with E-state index in [0.717, 1.165) is 28.1 Å². The molecular formula is C41H41N5O5. The number of anilines is 3. The summed E-state index contributed by atoms with van der Waals surface area (Å²) in [6, 6.07) is 30.7. The number of nitrogens with zero attached hydrogens (tertiary/aromatic N) is 5. The molecule has 51 heavy (non-hydrogen) atoms. The molecule has 2 aliphatic rings. The fourth-order valence-corrected chi connectivity index (χ4v) is 7.18. The summed E-state index contributed by atoms with van der Waals surface area (Å²) in [5.74, 6) is -0.686. The van der Waals surface area contributed by atoms with Gasteiger partial charge in [-0.1, -0.05) is 85.0 Å². The predicted octanol–water partition coefficient (Wildman–Crippen LogP) is 6.04. The van der Waals surface area contributed by atoms with Crippen molar-refractivity contribution < 1.29 is 24.5 Å². The zero-order valence-corrected chi connectivity index (χ0v) is 28.7. The van der Waals surface area contributed by atoms with Gasteiger partial charge in [-0.2, -0.15) is 0 Å². The highest BCUT2D eigenvalue weighted by molar-refractivity contribution is 6.07. The molecule has 1 aromatic heterocycles. The molecule has 0 fully saturated rings. The number of aliphatic hydroxyl groups excluding tert-OH is 1. The number of aliphatic hydroxyl groups is 2. The Morgan fingerprint density at radius 3 is 2.55 bits per heavy atom. The van der Waals surface area contributed by atoms with Gasteiger partial charge in [-0.05, 0) is 65.9 Å².